The maximum Gasteiger partial charge on any atom is 0.142 e. The summed E-state index contributed by atoms with van der Waals surface area (Å²) in [4.78, 5) is 22.3. The van der Waals surface area contributed by atoms with Crippen LogP contribution in [-0.2, 0) is 6.42 Å². The van der Waals surface area contributed by atoms with E-state index in [2.05, 4.69) is 99.8 Å². The molecule has 202 valence electrons. The van der Waals surface area contributed by atoms with Gasteiger partial charge in [-0.15, -0.1) is 0 Å². The summed E-state index contributed by atoms with van der Waals surface area (Å²) in [6.07, 6.45) is 9.01. The molecule has 1 saturated heterocycles. The number of pyridine rings is 2. The number of amidine groups is 1. The van der Waals surface area contributed by atoms with E-state index < -0.39 is 0 Å². The highest BCUT2D eigenvalue weighted by Gasteiger charge is 2.37. The van der Waals surface area contributed by atoms with Gasteiger partial charge in [-0.05, 0) is 61.2 Å². The van der Waals surface area contributed by atoms with Crippen LogP contribution < -0.4 is 10.4 Å². The lowest BCUT2D eigenvalue weighted by Crippen LogP contribution is -2.54. The number of rotatable bonds is 4. The first-order chi connectivity index (χ1) is 19.3. The van der Waals surface area contributed by atoms with Crippen LogP contribution in [-0.4, -0.2) is 59.1 Å². The maximum absolute atomic E-state index is 5.35. The molecule has 3 aromatic rings. The van der Waals surface area contributed by atoms with Gasteiger partial charge < -0.3 is 9.80 Å². The molecule has 0 amide bonds. The minimum Gasteiger partial charge on any atom is -0.368 e. The molecule has 0 aliphatic carbocycles. The number of allylic oxidation sites excluding steroid dienone is 2. The van der Waals surface area contributed by atoms with E-state index in [4.69, 9.17) is 15.0 Å². The quantitative estimate of drug-likeness (QED) is 0.359. The number of fused-ring (bicyclic) bond motifs is 5. The zero-order valence-electron chi connectivity index (χ0n) is 24.3. The van der Waals surface area contributed by atoms with Crippen molar-refractivity contribution in [2.45, 2.75) is 46.1 Å². The first-order valence-electron chi connectivity index (χ1n) is 14.3. The molecule has 2 unspecified atom stereocenters. The van der Waals surface area contributed by atoms with Gasteiger partial charge in [0.25, 0.3) is 0 Å². The molecule has 6 rings (SSSR count). The number of nitrogens with zero attached hydrogens (tertiary/aromatic N) is 6. The van der Waals surface area contributed by atoms with Gasteiger partial charge in [-0.1, -0.05) is 50.7 Å². The molecule has 2 atom stereocenters. The Hall–Kier alpha value is -4.13. The Kier molecular flexibility index (Phi) is 6.61. The Labute approximate surface area is 238 Å². The second kappa shape index (κ2) is 10.1. The second-order valence-corrected chi connectivity index (χ2v) is 11.2. The van der Waals surface area contributed by atoms with E-state index in [-0.39, 0.29) is 12.0 Å². The van der Waals surface area contributed by atoms with Crippen LogP contribution in [0.15, 0.2) is 84.5 Å². The molecule has 0 saturated carbocycles. The molecule has 3 aliphatic heterocycles. The normalized spacial score (nSPS) is 19.8. The molecule has 40 heavy (non-hydrogen) atoms. The minimum atomic E-state index is 0.169. The van der Waals surface area contributed by atoms with Crippen LogP contribution in [0.4, 0.5) is 11.4 Å². The molecule has 0 radical (unpaired) electrons. The lowest BCUT2D eigenvalue weighted by Gasteiger charge is -2.45. The van der Waals surface area contributed by atoms with E-state index in [1.165, 1.54) is 22.2 Å². The molecular weight excluding hydrogens is 491 g/mol. The van der Waals surface area contributed by atoms with Gasteiger partial charge in [0, 0.05) is 49.7 Å². The van der Waals surface area contributed by atoms with Crippen molar-refractivity contribution >= 4 is 30.5 Å². The Morgan fingerprint density at radius 1 is 1.18 bits per heavy atom. The average molecular weight is 529 g/mol. The van der Waals surface area contributed by atoms with Gasteiger partial charge in [-0.3, -0.25) is 14.9 Å². The highest BCUT2D eigenvalue weighted by atomic mass is 15.4. The van der Waals surface area contributed by atoms with Gasteiger partial charge in [0.05, 0.1) is 28.3 Å². The van der Waals surface area contributed by atoms with E-state index in [9.17, 15) is 0 Å². The smallest absolute Gasteiger partial charge is 0.142 e. The summed E-state index contributed by atoms with van der Waals surface area (Å²) < 4.78 is 0. The highest BCUT2D eigenvalue weighted by molar-refractivity contribution is 6.36. The minimum absolute atomic E-state index is 0.169. The van der Waals surface area contributed by atoms with Crippen molar-refractivity contribution in [2.75, 3.05) is 24.5 Å². The van der Waals surface area contributed by atoms with Crippen LogP contribution >= 0.6 is 0 Å². The lowest BCUT2D eigenvalue weighted by atomic mass is 9.85. The van der Waals surface area contributed by atoms with E-state index in [1.807, 2.05) is 18.5 Å². The van der Waals surface area contributed by atoms with Crippen LogP contribution in [0.1, 0.15) is 49.1 Å². The van der Waals surface area contributed by atoms with E-state index in [0.29, 0.717) is 0 Å². The summed E-state index contributed by atoms with van der Waals surface area (Å²) in [6, 6.07) is 11.2. The van der Waals surface area contributed by atoms with Crippen molar-refractivity contribution in [3.63, 3.8) is 0 Å². The number of hydrogen-bond acceptors (Lipinski definition) is 6. The molecular formula is C33H37BN6. The van der Waals surface area contributed by atoms with Crippen LogP contribution in [0, 0.1) is 6.92 Å². The van der Waals surface area contributed by atoms with Crippen molar-refractivity contribution in [1.82, 2.24) is 19.8 Å². The third-order valence-corrected chi connectivity index (χ3v) is 8.56. The van der Waals surface area contributed by atoms with Crippen LogP contribution in [0.25, 0.3) is 11.3 Å². The van der Waals surface area contributed by atoms with E-state index in [0.717, 1.165) is 71.7 Å². The van der Waals surface area contributed by atoms with Crippen LogP contribution in [0.2, 0.25) is 0 Å². The second-order valence-electron chi connectivity index (χ2n) is 11.2. The largest absolute Gasteiger partial charge is 0.368 e. The number of hydrogen-bond donors (Lipinski definition) is 0. The molecule has 0 N–H and O–H groups in total. The van der Waals surface area contributed by atoms with Crippen LogP contribution in [0.5, 0.6) is 0 Å². The fourth-order valence-corrected chi connectivity index (χ4v) is 6.40. The standard InChI is InChI=1S/C33H37BN6/c1-7-22(5)38-14-15-39(23(6)19-38)33-25-18-36-27(30-24(8-2)10-9-11-26(30)34)17-28(25)40-29(37-33)16-21(4)31-32(40)20(3)12-13-35-31/h7,9-13,16-18,21,23H,1,5,8,14-15,19,34H2,2-4,6H3. The molecule has 3 aliphatic rings. The van der Waals surface area contributed by atoms with Crippen molar-refractivity contribution in [2.24, 2.45) is 4.99 Å². The zero-order valence-corrected chi connectivity index (χ0v) is 24.3. The van der Waals surface area contributed by atoms with Crippen LogP contribution in [0.3, 0.4) is 0 Å². The number of anilines is 2. The molecule has 2 aromatic heterocycles. The lowest BCUT2D eigenvalue weighted by molar-refractivity contribution is 0.171. The number of aliphatic imine (C=N–C) groups is 1. The van der Waals surface area contributed by atoms with Crippen molar-refractivity contribution in [3.8, 4) is 11.3 Å². The van der Waals surface area contributed by atoms with E-state index in [1.54, 1.807) is 0 Å². The zero-order chi connectivity index (χ0) is 28.1. The Bertz CT molecular complexity index is 1590. The van der Waals surface area contributed by atoms with Crippen molar-refractivity contribution < 1.29 is 0 Å². The summed E-state index contributed by atoms with van der Waals surface area (Å²) in [5.41, 5.74) is 11.3. The number of aromatic nitrogens is 2. The summed E-state index contributed by atoms with van der Waals surface area (Å²) in [5.74, 6) is 2.12. The molecule has 7 heteroatoms. The third-order valence-electron chi connectivity index (χ3n) is 8.56. The average Bonchev–Trinajstić information content (AvgIpc) is 2.96. The maximum atomic E-state index is 5.35. The highest BCUT2D eigenvalue weighted by Crippen LogP contribution is 2.47. The Morgan fingerprint density at radius 2 is 2.00 bits per heavy atom. The molecule has 5 heterocycles. The molecule has 0 bridgehead atoms. The fraction of sp³-hybridized carbons (Fsp3) is 0.303. The monoisotopic (exact) mass is 528 g/mol. The van der Waals surface area contributed by atoms with Crippen molar-refractivity contribution in [3.05, 3.63) is 102 Å². The SMILES string of the molecule is Bc1cccc(CC)c1-c1cc2c(cn1)C(N1CCN(C(=C)C=C)CC1C)=NC1=CC(C)c3nccc(C)c3N12. The first-order valence-corrected chi connectivity index (χ1v) is 14.3. The van der Waals surface area contributed by atoms with Crippen molar-refractivity contribution in [1.29, 1.82) is 0 Å². The molecule has 1 aromatic carbocycles. The molecule has 6 nitrogen and oxygen atoms in total. The fourth-order valence-electron chi connectivity index (χ4n) is 6.40. The van der Waals surface area contributed by atoms with Gasteiger partial charge in [-0.25, -0.2) is 4.99 Å². The summed E-state index contributed by atoms with van der Waals surface area (Å²) >= 11 is 0. The number of aryl methyl sites for hydroxylation is 2. The molecule has 0 spiro atoms. The number of piperazine rings is 1. The Morgan fingerprint density at radius 3 is 2.75 bits per heavy atom. The third kappa shape index (κ3) is 4.15. The Balaban J connectivity index is 1.54. The van der Waals surface area contributed by atoms with Gasteiger partial charge in [-0.2, -0.15) is 0 Å². The van der Waals surface area contributed by atoms with Gasteiger partial charge in [0.2, 0.25) is 0 Å². The number of benzene rings is 1. The predicted octanol–water partition coefficient (Wildman–Crippen LogP) is 4.84. The topological polar surface area (TPSA) is 47.9 Å². The summed E-state index contributed by atoms with van der Waals surface area (Å²) in [6.45, 7) is 19.6. The predicted molar refractivity (Wildman–Crippen MR) is 168 cm³/mol. The van der Waals surface area contributed by atoms with Gasteiger partial charge in [0.15, 0.2) is 0 Å². The summed E-state index contributed by atoms with van der Waals surface area (Å²) in [5, 5.41) is 0. The van der Waals surface area contributed by atoms with Gasteiger partial charge >= 0.3 is 0 Å². The summed E-state index contributed by atoms with van der Waals surface area (Å²) in [7, 11) is 2.18. The van der Waals surface area contributed by atoms with E-state index >= 15 is 0 Å². The molecule has 1 fully saturated rings. The van der Waals surface area contributed by atoms with Gasteiger partial charge in [0.1, 0.15) is 19.5 Å². The first kappa shape index (κ1) is 26.1.